The van der Waals surface area contributed by atoms with Crippen LogP contribution in [-0.4, -0.2) is 22.5 Å². The third-order valence-corrected chi connectivity index (χ3v) is 4.17. The van der Waals surface area contributed by atoms with Gasteiger partial charge in [-0.05, 0) is 43.1 Å². The zero-order valence-corrected chi connectivity index (χ0v) is 12.2. The summed E-state index contributed by atoms with van der Waals surface area (Å²) in [6.45, 7) is 3.85. The summed E-state index contributed by atoms with van der Waals surface area (Å²) in [6, 6.07) is 5.29. The fraction of sp³-hybridized carbons (Fsp3) is 0.533. The van der Waals surface area contributed by atoms with Gasteiger partial charge in [0.15, 0.2) is 0 Å². The van der Waals surface area contributed by atoms with E-state index in [1.807, 2.05) is 0 Å². The molecule has 0 radical (unpaired) electrons. The van der Waals surface area contributed by atoms with E-state index in [4.69, 9.17) is 18.0 Å². The van der Waals surface area contributed by atoms with Crippen LogP contribution in [0.25, 0.3) is 0 Å². The molecule has 4 heteroatoms. The molecule has 2 rings (SSSR count). The monoisotopic (exact) mass is 280 g/mol. The molecule has 0 atom stereocenters. The Morgan fingerprint density at radius 2 is 2.11 bits per heavy atom. The van der Waals surface area contributed by atoms with Gasteiger partial charge in [0.2, 0.25) is 0 Å². The molecule has 1 saturated carbocycles. The first-order chi connectivity index (χ1) is 9.11. The maximum absolute atomic E-state index is 13.4. The van der Waals surface area contributed by atoms with Gasteiger partial charge in [0.25, 0.3) is 0 Å². The number of rotatable bonds is 5. The van der Waals surface area contributed by atoms with E-state index in [-0.39, 0.29) is 5.82 Å². The Morgan fingerprint density at radius 3 is 2.68 bits per heavy atom. The van der Waals surface area contributed by atoms with Gasteiger partial charge in [0.1, 0.15) is 10.8 Å². The van der Waals surface area contributed by atoms with Gasteiger partial charge in [0.05, 0.1) is 0 Å². The van der Waals surface area contributed by atoms with Gasteiger partial charge in [0, 0.05) is 18.2 Å². The van der Waals surface area contributed by atoms with E-state index in [1.165, 1.54) is 31.7 Å². The van der Waals surface area contributed by atoms with Gasteiger partial charge in [-0.2, -0.15) is 0 Å². The smallest absolute Gasteiger partial charge is 0.123 e. The number of nitrogens with two attached hydrogens (primary N) is 1. The molecule has 1 aliphatic rings. The maximum atomic E-state index is 13.4. The molecular weight excluding hydrogens is 259 g/mol. The Hall–Kier alpha value is -1.00. The number of nitrogens with zero attached hydrogens (tertiary/aromatic N) is 1. The van der Waals surface area contributed by atoms with Gasteiger partial charge in [-0.1, -0.05) is 32.0 Å². The number of hydrogen-bond acceptors (Lipinski definition) is 2. The molecule has 1 aromatic carbocycles. The number of thiocarbonyl (C=S) groups is 1. The van der Waals surface area contributed by atoms with Crippen molar-refractivity contribution in [2.45, 2.75) is 45.2 Å². The van der Waals surface area contributed by atoms with Crippen LogP contribution < -0.4 is 5.73 Å². The number of halogens is 1. The predicted octanol–water partition coefficient (Wildman–Crippen LogP) is 3.22. The summed E-state index contributed by atoms with van der Waals surface area (Å²) < 4.78 is 13.4. The molecule has 104 valence electrons. The van der Waals surface area contributed by atoms with Gasteiger partial charge in [-0.15, -0.1) is 0 Å². The normalized spacial score (nSPS) is 16.2. The Bertz CT molecular complexity index is 455. The molecule has 1 aliphatic carbocycles. The lowest BCUT2D eigenvalue weighted by Crippen LogP contribution is -2.33. The molecule has 0 unspecified atom stereocenters. The summed E-state index contributed by atoms with van der Waals surface area (Å²) in [6.07, 6.45) is 5.08. The molecule has 2 N–H and O–H groups in total. The molecule has 19 heavy (non-hydrogen) atoms. The van der Waals surface area contributed by atoms with E-state index in [0.29, 0.717) is 11.0 Å². The van der Waals surface area contributed by atoms with Crippen molar-refractivity contribution in [3.63, 3.8) is 0 Å². The van der Waals surface area contributed by atoms with Gasteiger partial charge in [-0.25, -0.2) is 4.39 Å². The fourth-order valence-corrected chi connectivity index (χ4v) is 3.12. The summed E-state index contributed by atoms with van der Waals surface area (Å²) >= 11 is 5.05. The molecule has 0 amide bonds. The topological polar surface area (TPSA) is 29.3 Å². The maximum Gasteiger partial charge on any atom is 0.123 e. The molecule has 0 saturated heterocycles. The van der Waals surface area contributed by atoms with E-state index in [9.17, 15) is 4.39 Å². The third-order valence-electron chi connectivity index (χ3n) is 3.95. The van der Waals surface area contributed by atoms with Crippen LogP contribution in [0.4, 0.5) is 4.39 Å². The summed E-state index contributed by atoms with van der Waals surface area (Å²) in [5.41, 5.74) is 7.43. The van der Waals surface area contributed by atoms with E-state index in [0.717, 1.165) is 24.2 Å². The molecule has 0 bridgehead atoms. The van der Waals surface area contributed by atoms with Crippen LogP contribution in [0.2, 0.25) is 0 Å². The van der Waals surface area contributed by atoms with Gasteiger partial charge < -0.3 is 5.73 Å². The van der Waals surface area contributed by atoms with Crippen LogP contribution >= 0.6 is 12.2 Å². The first-order valence-corrected chi connectivity index (χ1v) is 7.35. The van der Waals surface area contributed by atoms with Crippen LogP contribution in [0.15, 0.2) is 18.2 Å². The molecule has 1 fully saturated rings. The molecule has 1 aromatic rings. The number of hydrogen-bond donors (Lipinski definition) is 1. The second kappa shape index (κ2) is 6.44. The Balaban J connectivity index is 2.20. The minimum absolute atomic E-state index is 0.225. The van der Waals surface area contributed by atoms with E-state index < -0.39 is 0 Å². The third kappa shape index (κ3) is 3.51. The van der Waals surface area contributed by atoms with Crippen molar-refractivity contribution in [2.24, 2.45) is 5.73 Å². The molecule has 2 nitrogen and oxygen atoms in total. The lowest BCUT2D eigenvalue weighted by molar-refractivity contribution is 0.200. The van der Waals surface area contributed by atoms with Crippen molar-refractivity contribution in [3.05, 3.63) is 35.1 Å². The molecule has 0 heterocycles. The number of benzene rings is 1. The lowest BCUT2D eigenvalue weighted by Gasteiger charge is -2.28. The lowest BCUT2D eigenvalue weighted by atomic mass is 10.1. The second-order valence-electron chi connectivity index (χ2n) is 5.17. The van der Waals surface area contributed by atoms with Crippen LogP contribution in [0, 0.1) is 5.82 Å². The average Bonchev–Trinajstić information content (AvgIpc) is 2.89. The highest BCUT2D eigenvalue weighted by Crippen LogP contribution is 2.25. The summed E-state index contributed by atoms with van der Waals surface area (Å²) in [7, 11) is 0. The standard InChI is InChI=1S/C15H21FN2S/c1-2-18(13-5-3-4-6-13)10-11-9-12(16)7-8-14(11)15(17)19/h7-9,13H,2-6,10H2,1H3,(H2,17,19). The van der Waals surface area contributed by atoms with Crippen LogP contribution in [0.3, 0.4) is 0 Å². The molecule has 0 aliphatic heterocycles. The fourth-order valence-electron chi connectivity index (χ4n) is 2.92. The first kappa shape index (κ1) is 14.4. The van der Waals surface area contributed by atoms with Crippen LogP contribution in [-0.2, 0) is 6.54 Å². The zero-order chi connectivity index (χ0) is 13.8. The van der Waals surface area contributed by atoms with Gasteiger partial charge >= 0.3 is 0 Å². The van der Waals surface area contributed by atoms with Crippen LogP contribution in [0.5, 0.6) is 0 Å². The summed E-state index contributed by atoms with van der Waals surface area (Å²) in [5.74, 6) is -0.225. The molecule has 0 spiro atoms. The van der Waals surface area contributed by atoms with E-state index in [2.05, 4.69) is 11.8 Å². The summed E-state index contributed by atoms with van der Waals surface area (Å²) in [5, 5.41) is 0. The van der Waals surface area contributed by atoms with E-state index >= 15 is 0 Å². The molecular formula is C15H21FN2S. The average molecular weight is 280 g/mol. The Morgan fingerprint density at radius 1 is 1.42 bits per heavy atom. The van der Waals surface area contributed by atoms with Gasteiger partial charge in [-0.3, -0.25) is 4.90 Å². The highest BCUT2D eigenvalue weighted by Gasteiger charge is 2.22. The van der Waals surface area contributed by atoms with Crippen molar-refractivity contribution in [2.75, 3.05) is 6.54 Å². The quantitative estimate of drug-likeness (QED) is 0.840. The SMILES string of the molecule is CCN(Cc1cc(F)ccc1C(N)=S)C1CCCC1. The van der Waals surface area contributed by atoms with Crippen molar-refractivity contribution in [1.82, 2.24) is 4.90 Å². The van der Waals surface area contributed by atoms with Crippen molar-refractivity contribution >= 4 is 17.2 Å². The highest BCUT2D eigenvalue weighted by molar-refractivity contribution is 7.80. The van der Waals surface area contributed by atoms with Crippen molar-refractivity contribution in [1.29, 1.82) is 0 Å². The summed E-state index contributed by atoms with van der Waals surface area (Å²) in [4.78, 5) is 2.75. The van der Waals surface area contributed by atoms with Crippen LogP contribution in [0.1, 0.15) is 43.7 Å². The van der Waals surface area contributed by atoms with Crippen molar-refractivity contribution < 1.29 is 4.39 Å². The Labute approximate surface area is 119 Å². The minimum atomic E-state index is -0.225. The zero-order valence-electron chi connectivity index (χ0n) is 11.4. The van der Waals surface area contributed by atoms with Crippen molar-refractivity contribution in [3.8, 4) is 0 Å². The Kier molecular flexibility index (Phi) is 4.88. The predicted molar refractivity (Wildman–Crippen MR) is 80.6 cm³/mol. The minimum Gasteiger partial charge on any atom is -0.389 e. The van der Waals surface area contributed by atoms with E-state index in [1.54, 1.807) is 12.1 Å². The highest BCUT2D eigenvalue weighted by atomic mass is 32.1. The largest absolute Gasteiger partial charge is 0.389 e. The molecule has 0 aromatic heterocycles. The second-order valence-corrected chi connectivity index (χ2v) is 5.61. The first-order valence-electron chi connectivity index (χ1n) is 6.94.